The smallest absolute Gasteiger partial charge is 0.324 e. The van der Waals surface area contributed by atoms with Crippen molar-refractivity contribution in [2.75, 3.05) is 32.6 Å². The van der Waals surface area contributed by atoms with Gasteiger partial charge in [0.25, 0.3) is 5.91 Å². The first-order chi connectivity index (χ1) is 28.5. The molecule has 2 N–H and O–H groups in total. The Labute approximate surface area is 350 Å². The van der Waals surface area contributed by atoms with E-state index in [9.17, 15) is 14.4 Å². The molecular formula is C45H55N7O6S. The average Bonchev–Trinajstić information content (AvgIpc) is 3.82. The van der Waals surface area contributed by atoms with Gasteiger partial charge in [-0.05, 0) is 94.0 Å². The third kappa shape index (κ3) is 8.29. The van der Waals surface area contributed by atoms with E-state index in [1.807, 2.05) is 38.1 Å². The number of methoxy groups -OCH3 is 1. The van der Waals surface area contributed by atoms with Crippen molar-refractivity contribution in [3.63, 3.8) is 0 Å². The van der Waals surface area contributed by atoms with Gasteiger partial charge in [-0.25, -0.2) is 5.43 Å². The number of cyclic esters (lactones) is 1. The maximum absolute atomic E-state index is 14.7. The number of hydrazine groups is 1. The average molecular weight is 822 g/mol. The summed E-state index contributed by atoms with van der Waals surface area (Å²) in [5, 5.41) is 6.34. The number of benzene rings is 1. The fraction of sp³-hybridized carbons (Fsp3) is 0.511. The minimum Gasteiger partial charge on any atom is -0.464 e. The van der Waals surface area contributed by atoms with Crippen molar-refractivity contribution < 1.29 is 28.6 Å². The topological polar surface area (TPSA) is 149 Å². The van der Waals surface area contributed by atoms with Crippen molar-refractivity contribution in [2.45, 2.75) is 103 Å². The first-order valence-electron chi connectivity index (χ1n) is 20.9. The molecule has 59 heavy (non-hydrogen) atoms. The van der Waals surface area contributed by atoms with E-state index in [-0.39, 0.29) is 42.4 Å². The monoisotopic (exact) mass is 821 g/mol. The number of thioether (sulfide) groups is 1. The second kappa shape index (κ2) is 17.2. The summed E-state index contributed by atoms with van der Waals surface area (Å²) in [6, 6.07) is 14.3. The summed E-state index contributed by atoms with van der Waals surface area (Å²) >= 11 is 1.56. The van der Waals surface area contributed by atoms with Crippen LogP contribution >= 0.6 is 11.8 Å². The third-order valence-corrected chi connectivity index (χ3v) is 13.2. The Balaban J connectivity index is 1.23. The highest BCUT2D eigenvalue weighted by atomic mass is 32.2. The molecule has 0 spiro atoms. The SMILES string of the molecule is CCO[C@@H]1C2=NC(CS2)c2ccc3c(c2)c(c(-c2cccnc2[C@H](C)OC)n3CC)CC(C)(C)COC(=O)[C@@H]2CCCN(N2)C(=O)[C@H]1NC(=O)[C@@H]1C[C@@H]1c1ccccn1. The Morgan fingerprint density at radius 3 is 2.71 bits per heavy atom. The standard InChI is InChI=1S/C45H55N7O6S/c1-7-51-36-17-16-27-21-30(36)32(39(51)28-13-11-19-47-37(28)26(3)56-6)23-45(4,5)25-58-44(55)34-15-12-20-52(50-34)43(54)38(40(57-8-2)42-48-35(27)24-59-42)49-41(53)31-22-29(31)33-14-9-10-18-46-33/h9-11,13-14,16-19,21,26,29,31,34-35,38,40,50H,7-8,12,15,20,22-25H2,1-6H3,(H,49,53)/t26-,29-,31+,34-,35?,38-,40-/m0/s1. The number of hydrogen-bond acceptors (Lipinski definition) is 11. The van der Waals surface area contributed by atoms with Gasteiger partial charge in [0.1, 0.15) is 23.2 Å². The second-order valence-electron chi connectivity index (χ2n) is 16.8. The number of fused-ring (bicyclic) bond motifs is 5. The molecule has 14 heteroatoms. The highest BCUT2D eigenvalue weighted by Crippen LogP contribution is 2.47. The quantitative estimate of drug-likeness (QED) is 0.184. The van der Waals surface area contributed by atoms with Crippen LogP contribution in [0.25, 0.3) is 22.2 Å². The Morgan fingerprint density at radius 1 is 1.12 bits per heavy atom. The predicted molar refractivity (Wildman–Crippen MR) is 228 cm³/mol. The van der Waals surface area contributed by atoms with Crippen LogP contribution in [0.3, 0.4) is 0 Å². The molecule has 0 radical (unpaired) electrons. The van der Waals surface area contributed by atoms with E-state index in [0.29, 0.717) is 49.6 Å². The molecule has 312 valence electrons. The van der Waals surface area contributed by atoms with Crippen LogP contribution < -0.4 is 10.7 Å². The normalized spacial score (nSPS) is 26.2. The van der Waals surface area contributed by atoms with Crippen molar-refractivity contribution in [3.05, 3.63) is 83.4 Å². The molecule has 4 aromatic rings. The van der Waals surface area contributed by atoms with Gasteiger partial charge in [0.05, 0.1) is 30.1 Å². The van der Waals surface area contributed by atoms with Gasteiger partial charge in [-0.1, -0.05) is 26.0 Å². The van der Waals surface area contributed by atoms with E-state index in [1.54, 1.807) is 31.3 Å². The number of carbonyl (C=O) groups is 3. The summed E-state index contributed by atoms with van der Waals surface area (Å²) in [6.07, 6.45) is 4.81. The minimum atomic E-state index is -1.09. The number of nitrogens with one attached hydrogen (secondary N) is 2. The maximum atomic E-state index is 14.7. The lowest BCUT2D eigenvalue weighted by Crippen LogP contribution is -2.63. The second-order valence-corrected chi connectivity index (χ2v) is 17.8. The number of esters is 1. The molecule has 2 fully saturated rings. The molecule has 3 aromatic heterocycles. The van der Waals surface area contributed by atoms with Gasteiger partial charge >= 0.3 is 5.97 Å². The van der Waals surface area contributed by atoms with Gasteiger partial charge in [-0.2, -0.15) is 0 Å². The van der Waals surface area contributed by atoms with Gasteiger partial charge in [0.15, 0.2) is 0 Å². The summed E-state index contributed by atoms with van der Waals surface area (Å²) < 4.78 is 20.7. The summed E-state index contributed by atoms with van der Waals surface area (Å²) in [7, 11) is 1.70. The summed E-state index contributed by atoms with van der Waals surface area (Å²) in [6.45, 7) is 11.8. The van der Waals surface area contributed by atoms with Crippen LogP contribution in [0.15, 0.2) is 65.9 Å². The zero-order chi connectivity index (χ0) is 41.4. The predicted octanol–water partition coefficient (Wildman–Crippen LogP) is 6.33. The number of hydrogen-bond donors (Lipinski definition) is 2. The molecule has 7 atom stereocenters. The minimum absolute atomic E-state index is 0.0221. The van der Waals surface area contributed by atoms with Crippen molar-refractivity contribution in [1.29, 1.82) is 0 Å². The van der Waals surface area contributed by atoms with Crippen LogP contribution in [-0.2, 0) is 41.6 Å². The number of amides is 2. The van der Waals surface area contributed by atoms with Crippen molar-refractivity contribution in [2.24, 2.45) is 16.3 Å². The summed E-state index contributed by atoms with van der Waals surface area (Å²) in [5.41, 5.74) is 9.78. The molecule has 1 saturated carbocycles. The van der Waals surface area contributed by atoms with E-state index in [2.05, 4.69) is 65.3 Å². The number of carbonyl (C=O) groups excluding carboxylic acids is 3. The van der Waals surface area contributed by atoms with E-state index in [1.165, 1.54) is 5.01 Å². The van der Waals surface area contributed by atoms with E-state index >= 15 is 0 Å². The first kappa shape index (κ1) is 41.1. The van der Waals surface area contributed by atoms with Gasteiger partial charge in [-0.15, -0.1) is 11.8 Å². The Hall–Kier alpha value is -4.63. The zero-order valence-corrected chi connectivity index (χ0v) is 35.6. The van der Waals surface area contributed by atoms with Crippen LogP contribution in [-0.4, -0.2) is 93.2 Å². The molecule has 8 rings (SSSR count). The van der Waals surface area contributed by atoms with Crippen LogP contribution in [0.1, 0.15) is 94.5 Å². The number of aliphatic imine (C=N–C) groups is 1. The van der Waals surface area contributed by atoms with E-state index < -0.39 is 29.6 Å². The molecule has 3 aliphatic heterocycles. The zero-order valence-electron chi connectivity index (χ0n) is 34.8. The Morgan fingerprint density at radius 2 is 1.95 bits per heavy atom. The van der Waals surface area contributed by atoms with Crippen molar-refractivity contribution in [3.8, 4) is 11.3 Å². The van der Waals surface area contributed by atoms with Crippen LogP contribution in [0.4, 0.5) is 0 Å². The van der Waals surface area contributed by atoms with Crippen LogP contribution in [0, 0.1) is 11.3 Å². The largest absolute Gasteiger partial charge is 0.464 e. The van der Waals surface area contributed by atoms with Gasteiger partial charge < -0.3 is 24.1 Å². The molecular weight excluding hydrogens is 767 g/mol. The van der Waals surface area contributed by atoms with Gasteiger partial charge in [-0.3, -0.25) is 34.4 Å². The summed E-state index contributed by atoms with van der Waals surface area (Å²) in [4.78, 5) is 57.1. The Kier molecular flexibility index (Phi) is 12.0. The fourth-order valence-corrected chi connectivity index (χ4v) is 10.0. The van der Waals surface area contributed by atoms with Crippen molar-refractivity contribution in [1.82, 2.24) is 30.3 Å². The fourth-order valence-electron chi connectivity index (χ4n) is 8.84. The molecule has 13 nitrogen and oxygen atoms in total. The maximum Gasteiger partial charge on any atom is 0.324 e. The first-order valence-corrected chi connectivity index (χ1v) is 21.9. The Bertz CT molecular complexity index is 2240. The van der Waals surface area contributed by atoms with Crippen molar-refractivity contribution >= 4 is 45.5 Å². The summed E-state index contributed by atoms with van der Waals surface area (Å²) in [5.74, 6) is -0.722. The molecule has 4 aliphatic rings. The van der Waals surface area contributed by atoms with Gasteiger partial charge in [0.2, 0.25) is 5.91 Å². The van der Waals surface area contributed by atoms with E-state index in [0.717, 1.165) is 51.2 Å². The molecule has 1 aliphatic carbocycles. The molecule has 6 heterocycles. The lowest BCUT2D eigenvalue weighted by atomic mass is 9.84. The molecule has 2 amide bonds. The highest BCUT2D eigenvalue weighted by Gasteiger charge is 2.48. The third-order valence-electron chi connectivity index (χ3n) is 12.0. The number of nitrogens with zero attached hydrogens (tertiary/aromatic N) is 5. The molecule has 6 bridgehead atoms. The number of ether oxygens (including phenoxy) is 3. The lowest BCUT2D eigenvalue weighted by Gasteiger charge is -2.37. The van der Waals surface area contributed by atoms with Crippen LogP contribution in [0.2, 0.25) is 0 Å². The lowest BCUT2D eigenvalue weighted by molar-refractivity contribution is -0.156. The molecule has 1 aromatic carbocycles. The molecule has 1 unspecified atom stereocenters. The van der Waals surface area contributed by atoms with Gasteiger partial charge in [0, 0.05) is 84.4 Å². The number of aromatic nitrogens is 3. The highest BCUT2D eigenvalue weighted by molar-refractivity contribution is 8.14. The number of pyridine rings is 2. The molecule has 1 saturated heterocycles. The van der Waals surface area contributed by atoms with E-state index in [4.69, 9.17) is 24.2 Å². The number of rotatable bonds is 9. The number of aryl methyl sites for hydroxylation is 1. The van der Waals surface area contributed by atoms with Crippen LogP contribution in [0.5, 0.6) is 0 Å².